The summed E-state index contributed by atoms with van der Waals surface area (Å²) in [4.78, 5) is 10.7. The predicted molar refractivity (Wildman–Crippen MR) is 49.6 cm³/mol. The number of nitrogens with zero attached hydrogens (tertiary/aromatic N) is 2. The van der Waals surface area contributed by atoms with Crippen molar-refractivity contribution in [2.24, 2.45) is 0 Å². The molecule has 0 unspecified atom stereocenters. The van der Waals surface area contributed by atoms with E-state index in [-0.39, 0.29) is 5.78 Å². The highest BCUT2D eigenvalue weighted by atomic mass is 32.2. The quantitative estimate of drug-likeness (QED) is 0.660. The molecule has 0 atom stereocenters. The van der Waals surface area contributed by atoms with Crippen molar-refractivity contribution in [2.45, 2.75) is 13.8 Å². The Bertz CT molecular complexity index is 217. The Morgan fingerprint density at radius 2 is 2.42 bits per heavy atom. The number of allylic oxidation sites excluding steroid dienone is 1. The Kier molecular flexibility index (Phi) is 2.99. The molecule has 12 heavy (non-hydrogen) atoms. The van der Waals surface area contributed by atoms with Crippen molar-refractivity contribution in [3.05, 3.63) is 11.9 Å². The minimum Gasteiger partial charge on any atom is -0.306 e. The molecule has 1 aliphatic rings. The Morgan fingerprint density at radius 3 is 2.83 bits per heavy atom. The summed E-state index contributed by atoms with van der Waals surface area (Å²) >= 11 is 1.49. The van der Waals surface area contributed by atoms with Crippen LogP contribution in [0.1, 0.15) is 13.8 Å². The van der Waals surface area contributed by atoms with E-state index in [9.17, 15) is 4.79 Å². The van der Waals surface area contributed by atoms with Gasteiger partial charge < -0.3 is 5.43 Å². The van der Waals surface area contributed by atoms with Crippen molar-refractivity contribution in [3.8, 4) is 0 Å². The summed E-state index contributed by atoms with van der Waals surface area (Å²) in [6.45, 7) is 3.58. The smallest absolute Gasteiger partial charge is 0.141 e. The molecule has 0 amide bonds. The van der Waals surface area contributed by atoms with Crippen LogP contribution in [0.2, 0.25) is 0 Å². The largest absolute Gasteiger partial charge is 0.306 e. The Balaban J connectivity index is 2.40. The molecule has 5 heteroatoms. The highest BCUT2D eigenvalue weighted by Gasteiger charge is 2.17. The van der Waals surface area contributed by atoms with Gasteiger partial charge in [0.25, 0.3) is 0 Å². The number of hydrazine groups is 2. The number of nitrogens with one attached hydrogen (secondary N) is 1. The summed E-state index contributed by atoms with van der Waals surface area (Å²) in [7, 11) is 1.90. The first kappa shape index (κ1) is 9.41. The molecule has 4 nitrogen and oxygen atoms in total. The van der Waals surface area contributed by atoms with Crippen LogP contribution in [-0.2, 0) is 4.79 Å². The summed E-state index contributed by atoms with van der Waals surface area (Å²) in [6, 6.07) is 0. The van der Waals surface area contributed by atoms with E-state index in [2.05, 4.69) is 5.43 Å². The van der Waals surface area contributed by atoms with Crippen molar-refractivity contribution in [2.75, 3.05) is 12.8 Å². The molecule has 0 aromatic heterocycles. The van der Waals surface area contributed by atoms with Gasteiger partial charge >= 0.3 is 0 Å². The second kappa shape index (κ2) is 3.82. The van der Waals surface area contributed by atoms with Crippen molar-refractivity contribution in [1.82, 2.24) is 15.0 Å². The fourth-order valence-electron chi connectivity index (χ4n) is 0.872. The number of hydrogen-bond acceptors (Lipinski definition) is 5. The van der Waals surface area contributed by atoms with E-state index in [0.29, 0.717) is 5.75 Å². The molecule has 0 saturated heterocycles. The lowest BCUT2D eigenvalue weighted by Crippen LogP contribution is -2.35. The normalized spacial score (nSPS) is 17.6. The highest BCUT2D eigenvalue weighted by Crippen LogP contribution is 2.21. The first-order chi connectivity index (χ1) is 5.61. The molecule has 0 fully saturated rings. The fourth-order valence-corrected chi connectivity index (χ4v) is 1.65. The zero-order valence-corrected chi connectivity index (χ0v) is 8.31. The standard InChI is InChI=1S/C7H13N3OS/c1-6-4-8-9(3)10(6)12-5-7(2)11/h4,8H,5H2,1-3H3. The van der Waals surface area contributed by atoms with Crippen molar-refractivity contribution in [1.29, 1.82) is 0 Å². The molecule has 68 valence electrons. The summed E-state index contributed by atoms with van der Waals surface area (Å²) in [5.74, 6) is 0.699. The van der Waals surface area contributed by atoms with E-state index in [1.54, 1.807) is 6.92 Å². The SMILES string of the molecule is CC(=O)CSN1C(C)=CNN1C. The van der Waals surface area contributed by atoms with Crippen LogP contribution in [0, 0.1) is 0 Å². The maximum atomic E-state index is 10.7. The fraction of sp³-hybridized carbons (Fsp3) is 0.571. The molecule has 1 heterocycles. The third-order valence-corrected chi connectivity index (χ3v) is 2.74. The van der Waals surface area contributed by atoms with Gasteiger partial charge in [-0.25, -0.2) is 4.41 Å². The average molecular weight is 187 g/mol. The molecule has 0 bridgehead atoms. The molecular formula is C7H13N3OS. The van der Waals surface area contributed by atoms with Gasteiger partial charge in [-0.1, -0.05) is 0 Å². The Labute approximate surface area is 76.7 Å². The lowest BCUT2D eigenvalue weighted by Gasteiger charge is -2.24. The lowest BCUT2D eigenvalue weighted by molar-refractivity contribution is -0.114. The molecule has 0 aliphatic carbocycles. The van der Waals surface area contributed by atoms with Gasteiger partial charge in [0.1, 0.15) is 5.78 Å². The molecule has 0 spiro atoms. The van der Waals surface area contributed by atoms with Crippen LogP contribution in [-0.4, -0.2) is 28.1 Å². The number of rotatable bonds is 3. The lowest BCUT2D eigenvalue weighted by atomic mass is 10.5. The van der Waals surface area contributed by atoms with Gasteiger partial charge in [-0.2, -0.15) is 0 Å². The van der Waals surface area contributed by atoms with Crippen LogP contribution in [0.4, 0.5) is 0 Å². The van der Waals surface area contributed by atoms with Gasteiger partial charge in [-0.3, -0.25) is 4.79 Å². The summed E-state index contributed by atoms with van der Waals surface area (Å²) in [6.07, 6.45) is 1.90. The van der Waals surface area contributed by atoms with Crippen LogP contribution in [0.25, 0.3) is 0 Å². The van der Waals surface area contributed by atoms with E-state index >= 15 is 0 Å². The van der Waals surface area contributed by atoms with Gasteiger partial charge in [0, 0.05) is 13.2 Å². The zero-order valence-electron chi connectivity index (χ0n) is 7.50. The maximum absolute atomic E-state index is 10.7. The second-order valence-corrected chi connectivity index (χ2v) is 3.58. The second-order valence-electron chi connectivity index (χ2n) is 2.69. The van der Waals surface area contributed by atoms with Gasteiger partial charge in [0.15, 0.2) is 0 Å². The van der Waals surface area contributed by atoms with Crippen molar-refractivity contribution < 1.29 is 4.79 Å². The summed E-state index contributed by atoms with van der Waals surface area (Å²) in [5, 5.41) is 1.84. The van der Waals surface area contributed by atoms with Gasteiger partial charge in [-0.05, 0) is 25.8 Å². The molecule has 1 rings (SSSR count). The summed E-state index contributed by atoms with van der Waals surface area (Å²) < 4.78 is 1.95. The average Bonchev–Trinajstić information content (AvgIpc) is 2.28. The number of hydrogen-bond donors (Lipinski definition) is 1. The van der Waals surface area contributed by atoms with E-state index in [1.807, 2.05) is 29.7 Å². The van der Waals surface area contributed by atoms with Gasteiger partial charge in [0.05, 0.1) is 11.4 Å². The van der Waals surface area contributed by atoms with Crippen molar-refractivity contribution >= 4 is 17.7 Å². The van der Waals surface area contributed by atoms with Crippen LogP contribution in [0.15, 0.2) is 11.9 Å². The first-order valence-electron chi connectivity index (χ1n) is 3.70. The van der Waals surface area contributed by atoms with E-state index < -0.39 is 0 Å². The zero-order chi connectivity index (χ0) is 9.14. The minimum absolute atomic E-state index is 0.188. The number of Topliss-reactive ketones (excluding diaryl/α,β-unsaturated/α-hetero) is 1. The highest BCUT2D eigenvalue weighted by molar-refractivity contribution is 7.97. The topological polar surface area (TPSA) is 35.6 Å². The molecule has 0 aromatic rings. The van der Waals surface area contributed by atoms with Crippen LogP contribution in [0.3, 0.4) is 0 Å². The van der Waals surface area contributed by atoms with E-state index in [1.165, 1.54) is 11.9 Å². The predicted octanol–water partition coefficient (Wildman–Crippen LogP) is 0.752. The summed E-state index contributed by atoms with van der Waals surface area (Å²) in [5.41, 5.74) is 4.11. The third kappa shape index (κ3) is 2.15. The Hall–Kier alpha value is -0.680. The third-order valence-electron chi connectivity index (χ3n) is 1.42. The maximum Gasteiger partial charge on any atom is 0.141 e. The van der Waals surface area contributed by atoms with Crippen LogP contribution >= 0.6 is 11.9 Å². The van der Waals surface area contributed by atoms with Crippen molar-refractivity contribution in [3.63, 3.8) is 0 Å². The molecule has 0 aromatic carbocycles. The molecule has 0 radical (unpaired) electrons. The molecular weight excluding hydrogens is 174 g/mol. The monoisotopic (exact) mass is 187 g/mol. The number of carbonyl (C=O) groups is 1. The molecule has 1 aliphatic heterocycles. The van der Waals surface area contributed by atoms with Gasteiger partial charge in [0.2, 0.25) is 0 Å². The molecule has 0 saturated carbocycles. The van der Waals surface area contributed by atoms with Crippen LogP contribution < -0.4 is 5.43 Å². The first-order valence-corrected chi connectivity index (χ1v) is 4.64. The number of carbonyl (C=O) groups excluding carboxylic acids is 1. The van der Waals surface area contributed by atoms with Crippen LogP contribution in [0.5, 0.6) is 0 Å². The minimum atomic E-state index is 0.188. The van der Waals surface area contributed by atoms with E-state index in [0.717, 1.165) is 5.70 Å². The van der Waals surface area contributed by atoms with Gasteiger partial charge in [-0.15, -0.1) is 5.12 Å². The number of ketones is 1. The Morgan fingerprint density at radius 1 is 1.75 bits per heavy atom. The van der Waals surface area contributed by atoms with E-state index in [4.69, 9.17) is 0 Å². The molecule has 1 N–H and O–H groups in total.